The van der Waals surface area contributed by atoms with Crippen LogP contribution in [0.1, 0.15) is 109 Å². The van der Waals surface area contributed by atoms with Crippen LogP contribution in [-0.4, -0.2) is 47.6 Å². The van der Waals surface area contributed by atoms with E-state index in [1.807, 2.05) is 20.8 Å². The van der Waals surface area contributed by atoms with Crippen LogP contribution in [0.2, 0.25) is 0 Å². The molecule has 6 heteroatoms. The number of carbonyl (C=O) groups excluding carboxylic acids is 2. The Balaban J connectivity index is 5.28. The van der Waals surface area contributed by atoms with E-state index >= 15 is 0 Å². The Morgan fingerprint density at radius 2 is 1.16 bits per heavy atom. The van der Waals surface area contributed by atoms with Gasteiger partial charge in [0.25, 0.3) is 0 Å². The van der Waals surface area contributed by atoms with Gasteiger partial charge in [-0.1, -0.05) is 20.8 Å². The summed E-state index contributed by atoms with van der Waals surface area (Å²) in [5.74, 6) is -0.247. The van der Waals surface area contributed by atoms with E-state index in [0.717, 1.165) is 25.8 Å². The maximum Gasteiger partial charge on any atom is 0.243 e. The van der Waals surface area contributed by atoms with E-state index in [9.17, 15) is 9.59 Å². The molecule has 0 fully saturated rings. The molecule has 2 unspecified atom stereocenters. The van der Waals surface area contributed by atoms with Crippen molar-refractivity contribution in [2.75, 3.05) is 13.1 Å². The lowest BCUT2D eigenvalue weighted by molar-refractivity contribution is -0.132. The quantitative estimate of drug-likeness (QED) is 0.349. The molecule has 0 aromatic rings. The third kappa shape index (κ3) is 17.4. The number of hydrogen-bond acceptors (Lipinski definition) is 4. The minimum atomic E-state index is -0.549. The highest BCUT2D eigenvalue weighted by Crippen LogP contribution is 2.27. The molecule has 190 valence electrons. The van der Waals surface area contributed by atoms with Crippen LogP contribution < -0.4 is 21.3 Å². The lowest BCUT2D eigenvalue weighted by Crippen LogP contribution is -2.54. The zero-order chi connectivity index (χ0) is 25.4. The highest BCUT2D eigenvalue weighted by molar-refractivity contribution is 5.88. The minimum absolute atomic E-state index is 0.0134. The minimum Gasteiger partial charge on any atom is -0.350 e. The van der Waals surface area contributed by atoms with Crippen molar-refractivity contribution >= 4 is 11.8 Å². The first kappa shape index (κ1) is 30.9. The molecule has 32 heavy (non-hydrogen) atoms. The van der Waals surface area contributed by atoms with E-state index in [4.69, 9.17) is 0 Å². The first-order valence-corrected chi connectivity index (χ1v) is 12.3. The van der Waals surface area contributed by atoms with Crippen LogP contribution in [-0.2, 0) is 9.59 Å². The second-order valence-electron chi connectivity index (χ2n) is 13.5. The van der Waals surface area contributed by atoms with Gasteiger partial charge in [-0.25, -0.2) is 0 Å². The number of rotatable bonds is 11. The standard InChI is InChI=1S/C26H54N4O2/c1-23(2,3)18-19(14-13-16-27-24(4,5)6)21(31)29-20(15-17-28-25(7,8)9)22(32)30-26(10,11)12/h19-20,27-28H,13-18H2,1-12H3,(H,29,31)(H,30,32). The van der Waals surface area contributed by atoms with Crippen LogP contribution >= 0.6 is 0 Å². The van der Waals surface area contributed by atoms with Crippen molar-refractivity contribution in [3.8, 4) is 0 Å². The fraction of sp³-hybridized carbons (Fsp3) is 0.923. The molecule has 2 atom stereocenters. The summed E-state index contributed by atoms with van der Waals surface area (Å²) >= 11 is 0. The van der Waals surface area contributed by atoms with Crippen LogP contribution in [0.25, 0.3) is 0 Å². The fourth-order valence-electron chi connectivity index (χ4n) is 3.48. The van der Waals surface area contributed by atoms with Gasteiger partial charge in [0.2, 0.25) is 11.8 Å². The summed E-state index contributed by atoms with van der Waals surface area (Å²) < 4.78 is 0. The van der Waals surface area contributed by atoms with Gasteiger partial charge in [-0.05, 0) is 107 Å². The Morgan fingerprint density at radius 1 is 0.656 bits per heavy atom. The molecule has 0 bridgehead atoms. The Hall–Kier alpha value is -1.14. The topological polar surface area (TPSA) is 82.3 Å². The summed E-state index contributed by atoms with van der Waals surface area (Å²) in [6.45, 7) is 26.6. The monoisotopic (exact) mass is 454 g/mol. The predicted molar refractivity (Wildman–Crippen MR) is 137 cm³/mol. The normalized spacial score (nSPS) is 15.2. The maximum absolute atomic E-state index is 13.3. The number of amides is 2. The van der Waals surface area contributed by atoms with Gasteiger partial charge in [0.15, 0.2) is 0 Å². The molecule has 0 spiro atoms. The molecule has 4 N–H and O–H groups in total. The average Bonchev–Trinajstić information content (AvgIpc) is 2.51. The third-order valence-electron chi connectivity index (χ3n) is 4.83. The highest BCUT2D eigenvalue weighted by Gasteiger charge is 2.30. The molecule has 0 aliphatic carbocycles. The molecule has 0 heterocycles. The molecule has 6 nitrogen and oxygen atoms in total. The lowest BCUT2D eigenvalue weighted by atomic mass is 9.82. The Kier molecular flexibility index (Phi) is 11.9. The van der Waals surface area contributed by atoms with Crippen molar-refractivity contribution in [1.82, 2.24) is 21.3 Å². The van der Waals surface area contributed by atoms with Crippen LogP contribution in [0.3, 0.4) is 0 Å². The smallest absolute Gasteiger partial charge is 0.243 e. The zero-order valence-corrected chi connectivity index (χ0v) is 23.2. The molecule has 0 rings (SSSR count). The molecule has 0 aromatic heterocycles. The van der Waals surface area contributed by atoms with Crippen molar-refractivity contribution in [1.29, 1.82) is 0 Å². The Labute approximate surface area is 198 Å². The van der Waals surface area contributed by atoms with E-state index in [1.54, 1.807) is 0 Å². The van der Waals surface area contributed by atoms with Gasteiger partial charge in [0.1, 0.15) is 6.04 Å². The van der Waals surface area contributed by atoms with E-state index in [1.165, 1.54) is 0 Å². The summed E-state index contributed by atoms with van der Waals surface area (Å²) in [5, 5.41) is 13.1. The molecule has 0 aliphatic heterocycles. The predicted octanol–water partition coefficient (Wildman–Crippen LogP) is 4.38. The average molecular weight is 455 g/mol. The number of hydrogen-bond donors (Lipinski definition) is 4. The van der Waals surface area contributed by atoms with Crippen molar-refractivity contribution in [2.45, 2.75) is 131 Å². The molecule has 0 aliphatic rings. The fourth-order valence-corrected chi connectivity index (χ4v) is 3.48. The van der Waals surface area contributed by atoms with Gasteiger partial charge in [0.05, 0.1) is 0 Å². The molecule has 0 aromatic carbocycles. The van der Waals surface area contributed by atoms with Gasteiger partial charge in [0, 0.05) is 22.5 Å². The van der Waals surface area contributed by atoms with Crippen LogP contribution in [0.4, 0.5) is 0 Å². The highest BCUT2D eigenvalue weighted by atomic mass is 16.2. The number of nitrogens with one attached hydrogen (secondary N) is 4. The molecule has 2 amide bonds. The number of carbonyl (C=O) groups is 2. The Morgan fingerprint density at radius 3 is 1.59 bits per heavy atom. The van der Waals surface area contributed by atoms with Gasteiger partial charge >= 0.3 is 0 Å². The van der Waals surface area contributed by atoms with Crippen molar-refractivity contribution in [2.24, 2.45) is 11.3 Å². The molecule has 0 saturated carbocycles. The third-order valence-corrected chi connectivity index (χ3v) is 4.83. The van der Waals surface area contributed by atoms with E-state index in [0.29, 0.717) is 13.0 Å². The van der Waals surface area contributed by atoms with Crippen LogP contribution in [0.15, 0.2) is 0 Å². The molecule has 0 radical (unpaired) electrons. The molecule has 0 saturated heterocycles. The van der Waals surface area contributed by atoms with Crippen molar-refractivity contribution < 1.29 is 9.59 Å². The van der Waals surface area contributed by atoms with Gasteiger partial charge < -0.3 is 21.3 Å². The van der Waals surface area contributed by atoms with Gasteiger partial charge in [-0.3, -0.25) is 9.59 Å². The second kappa shape index (κ2) is 12.4. The van der Waals surface area contributed by atoms with Crippen molar-refractivity contribution in [3.63, 3.8) is 0 Å². The second-order valence-corrected chi connectivity index (χ2v) is 13.5. The van der Waals surface area contributed by atoms with Gasteiger partial charge in [-0.2, -0.15) is 0 Å². The maximum atomic E-state index is 13.3. The SMILES string of the molecule is CC(C)(C)CC(CCCNC(C)(C)C)C(=O)NC(CCNC(C)(C)C)C(=O)NC(C)(C)C. The molecular weight excluding hydrogens is 400 g/mol. The van der Waals surface area contributed by atoms with Crippen LogP contribution in [0.5, 0.6) is 0 Å². The van der Waals surface area contributed by atoms with E-state index in [-0.39, 0.29) is 39.8 Å². The summed E-state index contributed by atoms with van der Waals surface area (Å²) in [7, 11) is 0. The van der Waals surface area contributed by atoms with E-state index in [2.05, 4.69) is 83.6 Å². The van der Waals surface area contributed by atoms with Crippen LogP contribution in [0, 0.1) is 11.3 Å². The van der Waals surface area contributed by atoms with Crippen molar-refractivity contribution in [3.05, 3.63) is 0 Å². The first-order valence-electron chi connectivity index (χ1n) is 12.3. The summed E-state index contributed by atoms with van der Waals surface area (Å²) in [4.78, 5) is 26.3. The Bertz CT molecular complexity index is 575. The lowest BCUT2D eigenvalue weighted by Gasteiger charge is -2.30. The summed E-state index contributed by atoms with van der Waals surface area (Å²) in [5.41, 5.74) is -0.279. The largest absolute Gasteiger partial charge is 0.350 e. The summed E-state index contributed by atoms with van der Waals surface area (Å²) in [6, 6.07) is -0.549. The molecular formula is C26H54N4O2. The van der Waals surface area contributed by atoms with E-state index < -0.39 is 6.04 Å². The zero-order valence-electron chi connectivity index (χ0n) is 23.2. The summed E-state index contributed by atoms with van der Waals surface area (Å²) in [6.07, 6.45) is 3.08. The first-order chi connectivity index (χ1) is 14.2. The van der Waals surface area contributed by atoms with Gasteiger partial charge in [-0.15, -0.1) is 0 Å².